The number of methoxy groups -OCH3 is 1. The number of nitrogens with one attached hydrogen (secondary N) is 1. The average molecular weight is 421 g/mol. The second kappa shape index (κ2) is 12.1. The standard InChI is InChI=1S/C21H28N2O5S/c1-6-7-16-28-18-10-12-19(13-11-18)29(25,26)23(15-9-8-14-22-4)20(17(2)3)21(24)27-5/h10-13,17,20,22H,14-16H2,1-5H3. The van der Waals surface area contributed by atoms with Crippen molar-refractivity contribution in [2.24, 2.45) is 5.92 Å². The molecule has 0 spiro atoms. The van der Waals surface area contributed by atoms with Crippen molar-refractivity contribution in [1.29, 1.82) is 0 Å². The van der Waals surface area contributed by atoms with Crippen molar-refractivity contribution in [2.75, 3.05) is 33.9 Å². The van der Waals surface area contributed by atoms with Gasteiger partial charge >= 0.3 is 5.97 Å². The van der Waals surface area contributed by atoms with Crippen molar-refractivity contribution in [3.05, 3.63) is 24.3 Å². The number of benzene rings is 1. The summed E-state index contributed by atoms with van der Waals surface area (Å²) < 4.78 is 38.0. The Bertz CT molecular complexity index is 887. The topological polar surface area (TPSA) is 84.9 Å². The van der Waals surface area contributed by atoms with Crippen molar-refractivity contribution in [1.82, 2.24) is 9.62 Å². The van der Waals surface area contributed by atoms with Crippen LogP contribution in [0.1, 0.15) is 20.8 Å². The highest BCUT2D eigenvalue weighted by Gasteiger charge is 2.38. The third kappa shape index (κ3) is 7.10. The predicted octanol–water partition coefficient (Wildman–Crippen LogP) is 1.50. The summed E-state index contributed by atoms with van der Waals surface area (Å²) in [6, 6.07) is 4.99. The fourth-order valence-corrected chi connectivity index (χ4v) is 4.11. The van der Waals surface area contributed by atoms with Gasteiger partial charge in [-0.3, -0.25) is 4.79 Å². The largest absolute Gasteiger partial charge is 0.481 e. The molecule has 0 aliphatic rings. The van der Waals surface area contributed by atoms with E-state index in [0.29, 0.717) is 12.3 Å². The summed E-state index contributed by atoms with van der Waals surface area (Å²) in [4.78, 5) is 12.4. The molecule has 1 aromatic rings. The van der Waals surface area contributed by atoms with Gasteiger partial charge in [-0.15, -0.1) is 5.92 Å². The summed E-state index contributed by atoms with van der Waals surface area (Å²) in [5.74, 6) is 10.7. The molecule has 0 aliphatic heterocycles. The lowest BCUT2D eigenvalue weighted by molar-refractivity contribution is -0.146. The van der Waals surface area contributed by atoms with Gasteiger partial charge in [0.1, 0.15) is 18.4 Å². The van der Waals surface area contributed by atoms with E-state index in [0.717, 1.165) is 4.31 Å². The third-order valence-electron chi connectivity index (χ3n) is 3.93. The summed E-state index contributed by atoms with van der Waals surface area (Å²) in [7, 11) is -1.03. The van der Waals surface area contributed by atoms with Gasteiger partial charge in [-0.2, -0.15) is 4.31 Å². The zero-order valence-corrected chi connectivity index (χ0v) is 18.3. The molecule has 158 valence electrons. The molecule has 0 bridgehead atoms. The first-order valence-corrected chi connectivity index (χ1v) is 10.6. The van der Waals surface area contributed by atoms with Gasteiger partial charge in [0.05, 0.1) is 25.1 Å². The molecule has 0 aromatic heterocycles. The van der Waals surface area contributed by atoms with Gasteiger partial charge in [-0.1, -0.05) is 31.6 Å². The number of hydrogen-bond donors (Lipinski definition) is 1. The molecule has 1 aromatic carbocycles. The van der Waals surface area contributed by atoms with Crippen LogP contribution in [-0.2, 0) is 19.6 Å². The minimum absolute atomic E-state index is 0.0383. The SMILES string of the molecule is CC#CCOc1ccc(S(=O)(=O)N(CC#CCNC)C(C(=O)OC)C(C)C)cc1. The van der Waals surface area contributed by atoms with Crippen molar-refractivity contribution >= 4 is 16.0 Å². The van der Waals surface area contributed by atoms with Crippen LogP contribution in [0.25, 0.3) is 0 Å². The van der Waals surface area contributed by atoms with Gasteiger partial charge in [0.25, 0.3) is 0 Å². The molecular formula is C21H28N2O5S. The zero-order valence-electron chi connectivity index (χ0n) is 17.5. The monoisotopic (exact) mass is 420 g/mol. The fourth-order valence-electron chi connectivity index (χ4n) is 2.50. The van der Waals surface area contributed by atoms with E-state index in [9.17, 15) is 13.2 Å². The molecule has 1 N–H and O–H groups in total. The Kier molecular flexibility index (Phi) is 10.3. The molecule has 1 atom stereocenters. The second-order valence-corrected chi connectivity index (χ2v) is 8.22. The number of carbonyl (C=O) groups excluding carboxylic acids is 1. The highest BCUT2D eigenvalue weighted by molar-refractivity contribution is 7.89. The second-order valence-electron chi connectivity index (χ2n) is 6.33. The Morgan fingerprint density at radius 1 is 1.17 bits per heavy atom. The van der Waals surface area contributed by atoms with Crippen molar-refractivity contribution in [3.63, 3.8) is 0 Å². The first-order chi connectivity index (χ1) is 13.8. The molecular weight excluding hydrogens is 392 g/mol. The van der Waals surface area contributed by atoms with Crippen molar-refractivity contribution < 1.29 is 22.7 Å². The minimum Gasteiger partial charge on any atom is -0.481 e. The third-order valence-corrected chi connectivity index (χ3v) is 5.77. The molecule has 1 rings (SSSR count). The predicted molar refractivity (Wildman–Crippen MR) is 112 cm³/mol. The first kappa shape index (κ1) is 24.5. The zero-order chi connectivity index (χ0) is 21.9. The molecule has 29 heavy (non-hydrogen) atoms. The maximum atomic E-state index is 13.3. The van der Waals surface area contributed by atoms with Crippen molar-refractivity contribution in [3.8, 4) is 29.4 Å². The quantitative estimate of drug-likeness (QED) is 0.481. The number of esters is 1. The molecule has 0 amide bonds. The molecule has 8 heteroatoms. The maximum Gasteiger partial charge on any atom is 0.324 e. The highest BCUT2D eigenvalue weighted by Crippen LogP contribution is 2.24. The smallest absolute Gasteiger partial charge is 0.324 e. The van der Waals surface area contributed by atoms with Gasteiger partial charge in [-0.05, 0) is 44.2 Å². The van der Waals surface area contributed by atoms with E-state index >= 15 is 0 Å². The summed E-state index contributed by atoms with van der Waals surface area (Å²) in [5.41, 5.74) is 0. The normalized spacial score (nSPS) is 11.8. The van der Waals surface area contributed by atoms with Crippen LogP contribution < -0.4 is 10.1 Å². The van der Waals surface area contributed by atoms with Crippen LogP contribution in [0, 0.1) is 29.6 Å². The van der Waals surface area contributed by atoms with Gasteiger partial charge < -0.3 is 14.8 Å². The Morgan fingerprint density at radius 3 is 2.34 bits per heavy atom. The van der Waals surface area contributed by atoms with E-state index < -0.39 is 22.0 Å². The summed E-state index contributed by atoms with van der Waals surface area (Å²) in [6.07, 6.45) is 0. The maximum absolute atomic E-state index is 13.3. The lowest BCUT2D eigenvalue weighted by Crippen LogP contribution is -2.48. The van der Waals surface area contributed by atoms with E-state index in [4.69, 9.17) is 9.47 Å². The number of ether oxygens (including phenoxy) is 2. The number of hydrogen-bond acceptors (Lipinski definition) is 6. The van der Waals surface area contributed by atoms with Crippen LogP contribution in [0.15, 0.2) is 29.2 Å². The van der Waals surface area contributed by atoms with Crippen LogP contribution >= 0.6 is 0 Å². The van der Waals surface area contributed by atoms with Crippen LogP contribution in [0.5, 0.6) is 5.75 Å². The van der Waals surface area contributed by atoms with Gasteiger partial charge in [0.2, 0.25) is 10.0 Å². The van der Waals surface area contributed by atoms with Gasteiger partial charge in [0, 0.05) is 0 Å². The number of rotatable bonds is 9. The number of nitrogens with zero attached hydrogens (tertiary/aromatic N) is 1. The molecule has 0 aliphatic carbocycles. The average Bonchev–Trinajstić information content (AvgIpc) is 2.70. The molecule has 0 fully saturated rings. The van der Waals surface area contributed by atoms with Gasteiger partial charge in [0.15, 0.2) is 0 Å². The number of carbonyl (C=O) groups is 1. The first-order valence-electron chi connectivity index (χ1n) is 9.12. The Labute approximate surface area is 173 Å². The molecule has 0 saturated heterocycles. The minimum atomic E-state index is -4.00. The van der Waals surface area contributed by atoms with E-state index in [1.54, 1.807) is 40.0 Å². The Hall–Kier alpha value is -2.52. The van der Waals surface area contributed by atoms with Crippen LogP contribution in [0.4, 0.5) is 0 Å². The summed E-state index contributed by atoms with van der Waals surface area (Å²) in [6.45, 7) is 5.72. The van der Waals surface area contributed by atoms with Crippen molar-refractivity contribution in [2.45, 2.75) is 31.7 Å². The molecule has 0 heterocycles. The van der Waals surface area contributed by atoms with Crippen LogP contribution in [0.2, 0.25) is 0 Å². The van der Waals surface area contributed by atoms with E-state index in [1.165, 1.54) is 19.2 Å². The summed E-state index contributed by atoms with van der Waals surface area (Å²) >= 11 is 0. The number of sulfonamides is 1. The fraction of sp³-hybridized carbons (Fsp3) is 0.476. The lowest BCUT2D eigenvalue weighted by atomic mass is 10.0. The van der Waals surface area contributed by atoms with Crippen LogP contribution in [-0.4, -0.2) is 58.6 Å². The summed E-state index contributed by atoms with van der Waals surface area (Å²) in [5, 5.41) is 2.87. The molecule has 7 nitrogen and oxygen atoms in total. The van der Waals surface area contributed by atoms with E-state index in [-0.39, 0.29) is 24.0 Å². The van der Waals surface area contributed by atoms with E-state index in [2.05, 4.69) is 29.0 Å². The molecule has 0 radical (unpaired) electrons. The Balaban J connectivity index is 3.27. The lowest BCUT2D eigenvalue weighted by Gasteiger charge is -2.30. The highest BCUT2D eigenvalue weighted by atomic mass is 32.2. The van der Waals surface area contributed by atoms with E-state index in [1.807, 2.05) is 0 Å². The van der Waals surface area contributed by atoms with Gasteiger partial charge in [-0.25, -0.2) is 8.42 Å². The van der Waals surface area contributed by atoms with Crippen LogP contribution in [0.3, 0.4) is 0 Å². The Morgan fingerprint density at radius 2 is 1.83 bits per heavy atom. The molecule has 1 unspecified atom stereocenters. The molecule has 0 saturated carbocycles.